The highest BCUT2D eigenvalue weighted by Crippen LogP contribution is 2.34. The van der Waals surface area contributed by atoms with Gasteiger partial charge in [0.1, 0.15) is 17.3 Å². The van der Waals surface area contributed by atoms with Gasteiger partial charge in [0, 0.05) is 49.8 Å². The van der Waals surface area contributed by atoms with E-state index in [0.717, 1.165) is 5.56 Å². The highest BCUT2D eigenvalue weighted by Gasteiger charge is 2.33. The predicted octanol–water partition coefficient (Wildman–Crippen LogP) is 7.01. The van der Waals surface area contributed by atoms with Crippen molar-refractivity contribution in [2.24, 2.45) is 0 Å². The molecule has 0 radical (unpaired) electrons. The number of ether oxygens (including phenoxy) is 2. The molecule has 40 heavy (non-hydrogen) atoms. The Morgan fingerprint density at radius 3 is 1.75 bits per heavy atom. The molecule has 0 unspecified atom stereocenters. The molecule has 4 aromatic rings. The summed E-state index contributed by atoms with van der Waals surface area (Å²) in [7, 11) is 0. The van der Waals surface area contributed by atoms with Gasteiger partial charge in [-0.1, -0.05) is 30.3 Å². The van der Waals surface area contributed by atoms with Crippen molar-refractivity contribution in [3.8, 4) is 11.5 Å². The fourth-order valence-corrected chi connectivity index (χ4v) is 5.07. The fraction of sp³-hybridized carbons (Fsp3) is 0.286. The summed E-state index contributed by atoms with van der Waals surface area (Å²) in [6, 6.07) is 15.3. The van der Waals surface area contributed by atoms with Crippen molar-refractivity contribution in [1.29, 1.82) is 0 Å². The number of H-pyrrole nitrogens is 1. The van der Waals surface area contributed by atoms with Crippen molar-refractivity contribution in [3.05, 3.63) is 95.4 Å². The zero-order valence-corrected chi connectivity index (χ0v) is 20.9. The van der Waals surface area contributed by atoms with Crippen LogP contribution in [0.4, 0.5) is 30.7 Å². The van der Waals surface area contributed by atoms with E-state index in [0.29, 0.717) is 54.8 Å². The lowest BCUT2D eigenvalue weighted by atomic mass is 9.96. The molecule has 12 heteroatoms. The first-order valence-corrected chi connectivity index (χ1v) is 12.4. The second-order valence-electron chi connectivity index (χ2n) is 9.42. The van der Waals surface area contributed by atoms with E-state index in [1.54, 1.807) is 18.3 Å². The molecule has 1 aromatic heterocycles. The summed E-state index contributed by atoms with van der Waals surface area (Å²) < 4.78 is 98.2. The van der Waals surface area contributed by atoms with E-state index in [4.69, 9.17) is 0 Å². The molecular formula is C28H24F7N3O2. The maximum Gasteiger partial charge on any atom is 0.573 e. The third-order valence-corrected chi connectivity index (χ3v) is 6.76. The molecule has 1 aliphatic heterocycles. The van der Waals surface area contributed by atoms with Gasteiger partial charge in [-0.15, -0.1) is 26.3 Å². The van der Waals surface area contributed by atoms with Crippen LogP contribution in [0.1, 0.15) is 22.7 Å². The first kappa shape index (κ1) is 27.8. The van der Waals surface area contributed by atoms with Gasteiger partial charge in [0.2, 0.25) is 0 Å². The minimum Gasteiger partial charge on any atom is -0.406 e. The van der Waals surface area contributed by atoms with Gasteiger partial charge in [-0.3, -0.25) is 9.80 Å². The largest absolute Gasteiger partial charge is 0.573 e. The summed E-state index contributed by atoms with van der Waals surface area (Å²) >= 11 is 0. The Bertz CT molecular complexity index is 1370. The van der Waals surface area contributed by atoms with Gasteiger partial charge in [-0.05, 0) is 53.1 Å². The second kappa shape index (κ2) is 11.0. The van der Waals surface area contributed by atoms with E-state index in [9.17, 15) is 30.7 Å². The summed E-state index contributed by atoms with van der Waals surface area (Å²) in [5.74, 6) is -1.05. The third kappa shape index (κ3) is 6.68. The monoisotopic (exact) mass is 567 g/mol. The number of hydrogen-bond donors (Lipinski definition) is 1. The molecule has 0 bridgehead atoms. The molecule has 3 aromatic carbocycles. The number of nitrogens with one attached hydrogen (secondary N) is 1. The average molecular weight is 568 g/mol. The van der Waals surface area contributed by atoms with Gasteiger partial charge < -0.3 is 14.5 Å². The number of piperazine rings is 1. The summed E-state index contributed by atoms with van der Waals surface area (Å²) in [6.45, 7) is 2.85. The van der Waals surface area contributed by atoms with E-state index >= 15 is 0 Å². The van der Waals surface area contributed by atoms with Crippen molar-refractivity contribution < 1.29 is 40.2 Å². The van der Waals surface area contributed by atoms with Crippen LogP contribution in [0.3, 0.4) is 0 Å². The number of benzene rings is 3. The number of rotatable bonds is 7. The van der Waals surface area contributed by atoms with Gasteiger partial charge in [0.25, 0.3) is 0 Å². The topological polar surface area (TPSA) is 40.7 Å². The number of alkyl halides is 6. The molecule has 0 spiro atoms. The average Bonchev–Trinajstić information content (AvgIpc) is 3.29. The number of nitrogens with zero attached hydrogens (tertiary/aromatic N) is 2. The number of aromatic nitrogens is 1. The minimum absolute atomic E-state index is 0.302. The molecule has 1 fully saturated rings. The van der Waals surface area contributed by atoms with Crippen molar-refractivity contribution >= 4 is 10.9 Å². The van der Waals surface area contributed by atoms with Gasteiger partial charge in [-0.2, -0.15) is 0 Å². The minimum atomic E-state index is -4.83. The quantitative estimate of drug-likeness (QED) is 0.244. The van der Waals surface area contributed by atoms with Crippen LogP contribution >= 0.6 is 0 Å². The summed E-state index contributed by atoms with van der Waals surface area (Å²) in [6.07, 6.45) is -7.88. The van der Waals surface area contributed by atoms with Crippen LogP contribution < -0.4 is 9.47 Å². The van der Waals surface area contributed by atoms with Crippen LogP contribution in [0.2, 0.25) is 0 Å². The fourth-order valence-electron chi connectivity index (χ4n) is 5.07. The molecule has 0 atom stereocenters. The zero-order chi connectivity index (χ0) is 28.5. The van der Waals surface area contributed by atoms with Crippen molar-refractivity contribution in [2.75, 3.05) is 26.2 Å². The Kier molecular flexibility index (Phi) is 7.65. The van der Waals surface area contributed by atoms with Crippen molar-refractivity contribution in [2.45, 2.75) is 25.3 Å². The van der Waals surface area contributed by atoms with Crippen LogP contribution in [0, 0.1) is 5.82 Å². The Hall–Kier alpha value is -3.77. The summed E-state index contributed by atoms with van der Waals surface area (Å²) in [5, 5.41) is 0.546. The van der Waals surface area contributed by atoms with E-state index in [1.807, 2.05) is 0 Å². The van der Waals surface area contributed by atoms with E-state index in [-0.39, 0.29) is 17.3 Å². The van der Waals surface area contributed by atoms with Crippen LogP contribution in [0.15, 0.2) is 72.9 Å². The molecule has 1 saturated heterocycles. The maximum atomic E-state index is 14.4. The van der Waals surface area contributed by atoms with Gasteiger partial charge in [-0.25, -0.2) is 4.39 Å². The van der Waals surface area contributed by atoms with Gasteiger partial charge >= 0.3 is 12.7 Å². The first-order valence-electron chi connectivity index (χ1n) is 12.4. The highest BCUT2D eigenvalue weighted by atomic mass is 19.4. The smallest absolute Gasteiger partial charge is 0.406 e. The predicted molar refractivity (Wildman–Crippen MR) is 133 cm³/mol. The lowest BCUT2D eigenvalue weighted by molar-refractivity contribution is -0.275. The molecule has 0 amide bonds. The molecule has 1 N–H and O–H groups in total. The SMILES string of the molecule is Fc1cccc2[nH]cc(CN3CCN(C(c4ccc(OC(F)(F)F)cc4)c4ccc(OC(F)(F)F)cc4)CC3)c12. The van der Waals surface area contributed by atoms with Crippen LogP contribution in [0.25, 0.3) is 10.9 Å². The van der Waals surface area contributed by atoms with Crippen molar-refractivity contribution in [1.82, 2.24) is 14.8 Å². The molecule has 0 saturated carbocycles. The maximum absolute atomic E-state index is 14.4. The summed E-state index contributed by atoms with van der Waals surface area (Å²) in [4.78, 5) is 7.36. The Balaban J connectivity index is 1.35. The molecule has 212 valence electrons. The Labute approximate surface area is 224 Å². The number of aromatic amines is 1. The van der Waals surface area contributed by atoms with Crippen molar-refractivity contribution in [3.63, 3.8) is 0 Å². The molecule has 2 heterocycles. The Morgan fingerprint density at radius 1 is 0.725 bits per heavy atom. The zero-order valence-electron chi connectivity index (χ0n) is 20.9. The number of hydrogen-bond acceptors (Lipinski definition) is 4. The molecule has 5 nitrogen and oxygen atoms in total. The van der Waals surface area contributed by atoms with Crippen LogP contribution in [-0.2, 0) is 6.54 Å². The van der Waals surface area contributed by atoms with Gasteiger partial charge in [0.05, 0.1) is 6.04 Å². The van der Waals surface area contributed by atoms with E-state index < -0.39 is 18.8 Å². The van der Waals surface area contributed by atoms with Crippen LogP contribution in [0.5, 0.6) is 11.5 Å². The Morgan fingerprint density at radius 2 is 1.25 bits per heavy atom. The molecular weight excluding hydrogens is 543 g/mol. The summed E-state index contributed by atoms with van der Waals surface area (Å²) in [5.41, 5.74) is 2.83. The molecule has 0 aliphatic carbocycles. The third-order valence-electron chi connectivity index (χ3n) is 6.76. The second-order valence-corrected chi connectivity index (χ2v) is 9.42. The lowest BCUT2D eigenvalue weighted by Gasteiger charge is -2.40. The number of halogens is 7. The normalized spacial score (nSPS) is 15.6. The standard InChI is InChI=1S/C28H24F7N3O2/c29-23-2-1-3-24-25(23)20(16-36-24)17-37-12-14-38(15-13-37)26(18-4-8-21(9-5-18)39-27(30,31)32)19-6-10-22(11-7-19)40-28(33,34)35/h1-11,16,26,36H,12-15,17H2. The van der Waals surface area contributed by atoms with Gasteiger partial charge in [0.15, 0.2) is 0 Å². The molecule has 1 aliphatic rings. The first-order chi connectivity index (χ1) is 18.9. The lowest BCUT2D eigenvalue weighted by Crippen LogP contribution is -2.47. The van der Waals surface area contributed by atoms with E-state index in [2.05, 4.69) is 24.3 Å². The highest BCUT2D eigenvalue weighted by molar-refractivity contribution is 5.83. The molecule has 5 rings (SSSR count). The van der Waals surface area contributed by atoms with Crippen LogP contribution in [-0.4, -0.2) is 53.7 Å². The van der Waals surface area contributed by atoms with E-state index in [1.165, 1.54) is 54.6 Å². The number of fused-ring (bicyclic) bond motifs is 1.